The number of hydrogen-bond acceptors (Lipinski definition) is 2. The molecule has 0 aromatic heterocycles. The summed E-state index contributed by atoms with van der Waals surface area (Å²) >= 11 is 4.50. The summed E-state index contributed by atoms with van der Waals surface area (Å²) < 4.78 is 0.729. The number of amides is 2. The Labute approximate surface area is 84.6 Å². The van der Waals surface area contributed by atoms with E-state index < -0.39 is 6.03 Å². The van der Waals surface area contributed by atoms with E-state index in [1.807, 2.05) is 13.8 Å². The van der Waals surface area contributed by atoms with Crippen LogP contribution in [0.15, 0.2) is 21.0 Å². The zero-order valence-corrected chi connectivity index (χ0v) is 9.38. The molecule has 12 heavy (non-hydrogen) atoms. The molecule has 0 unspecified atom stereocenters. The van der Waals surface area contributed by atoms with Crippen LogP contribution < -0.4 is 11.1 Å². The molecular formula is C7H11BrN2OS. The monoisotopic (exact) mass is 250 g/mol. The third-order valence-electron chi connectivity index (χ3n) is 0.904. The van der Waals surface area contributed by atoms with Crippen LogP contribution >= 0.6 is 27.7 Å². The number of carbonyl (C=O) groups is 1. The molecule has 0 aromatic carbocycles. The van der Waals surface area contributed by atoms with Gasteiger partial charge in [0.05, 0.1) is 5.03 Å². The van der Waals surface area contributed by atoms with Crippen molar-refractivity contribution in [3.8, 4) is 0 Å². The summed E-state index contributed by atoms with van der Waals surface area (Å²) in [5.74, 6) is 0. The fourth-order valence-corrected chi connectivity index (χ4v) is 1.54. The molecule has 0 saturated heterocycles. The Kier molecular flexibility index (Phi) is 5.08. The molecular weight excluding hydrogens is 240 g/mol. The fraction of sp³-hybridized carbons (Fsp3) is 0.286. The van der Waals surface area contributed by atoms with Crippen LogP contribution in [0, 0.1) is 0 Å². The van der Waals surface area contributed by atoms with Gasteiger partial charge in [-0.1, -0.05) is 18.3 Å². The molecule has 0 rings (SSSR count). The summed E-state index contributed by atoms with van der Waals surface area (Å²) in [5, 5.41) is 3.21. The van der Waals surface area contributed by atoms with Crippen molar-refractivity contribution in [1.29, 1.82) is 0 Å². The molecule has 0 saturated carbocycles. The summed E-state index contributed by atoms with van der Waals surface area (Å²) in [5.41, 5.74) is 5.95. The molecule has 0 aliphatic carbocycles. The number of halogens is 1. The minimum absolute atomic E-state index is 0.563. The van der Waals surface area contributed by atoms with Crippen molar-refractivity contribution in [3.63, 3.8) is 0 Å². The third-order valence-corrected chi connectivity index (χ3v) is 2.33. The van der Waals surface area contributed by atoms with Crippen molar-refractivity contribution >= 4 is 33.7 Å². The predicted molar refractivity (Wildman–Crippen MR) is 56.8 cm³/mol. The smallest absolute Gasteiger partial charge is 0.317 e. The highest BCUT2D eigenvalue weighted by Gasteiger charge is 2.03. The molecule has 3 N–H and O–H groups in total. The molecule has 0 spiro atoms. The Morgan fingerprint density at radius 2 is 2.08 bits per heavy atom. The number of rotatable bonds is 3. The molecule has 0 radical (unpaired) electrons. The molecule has 0 heterocycles. The van der Waals surface area contributed by atoms with E-state index in [9.17, 15) is 4.79 Å². The molecule has 68 valence electrons. The molecule has 3 nitrogen and oxygen atoms in total. The van der Waals surface area contributed by atoms with Crippen LogP contribution in [0.4, 0.5) is 4.79 Å². The van der Waals surface area contributed by atoms with Crippen LogP contribution in [0.25, 0.3) is 0 Å². The number of carbonyl (C=O) groups excluding carboxylic acids is 1. The van der Waals surface area contributed by atoms with Gasteiger partial charge in [0.1, 0.15) is 0 Å². The van der Waals surface area contributed by atoms with E-state index >= 15 is 0 Å². The number of primary amides is 1. The van der Waals surface area contributed by atoms with Crippen LogP contribution in [0.3, 0.4) is 0 Å². The van der Waals surface area contributed by atoms with Crippen LogP contribution in [0.5, 0.6) is 0 Å². The standard InChI is InChI=1S/C7H11BrN2OS/c1-4(2)6(10-7(9)11)12-5(3)8/h3H2,1-2H3,(H3,9,10,11). The lowest BCUT2D eigenvalue weighted by Crippen LogP contribution is -2.28. The highest BCUT2D eigenvalue weighted by Crippen LogP contribution is 2.28. The van der Waals surface area contributed by atoms with E-state index in [-0.39, 0.29) is 0 Å². The predicted octanol–water partition coefficient (Wildman–Crippen LogP) is 2.51. The van der Waals surface area contributed by atoms with Gasteiger partial charge in [0.25, 0.3) is 0 Å². The van der Waals surface area contributed by atoms with Crippen molar-refractivity contribution in [2.45, 2.75) is 13.8 Å². The number of allylic oxidation sites excluding steroid dienone is 1. The van der Waals surface area contributed by atoms with Gasteiger partial charge in [0.2, 0.25) is 0 Å². The minimum Gasteiger partial charge on any atom is -0.351 e. The van der Waals surface area contributed by atoms with Crippen molar-refractivity contribution in [2.75, 3.05) is 0 Å². The van der Waals surface area contributed by atoms with Crippen molar-refractivity contribution in [1.82, 2.24) is 5.32 Å². The van der Waals surface area contributed by atoms with Gasteiger partial charge in [0, 0.05) is 3.81 Å². The maximum Gasteiger partial charge on any atom is 0.317 e. The Bertz CT molecular complexity index is 216. The molecule has 0 aromatic rings. The Morgan fingerprint density at radius 1 is 1.58 bits per heavy atom. The summed E-state index contributed by atoms with van der Waals surface area (Å²) in [6.07, 6.45) is 0. The summed E-state index contributed by atoms with van der Waals surface area (Å²) in [7, 11) is 0. The van der Waals surface area contributed by atoms with E-state index in [1.165, 1.54) is 11.8 Å². The SMILES string of the molecule is C=C(Br)SC(NC(N)=O)=C(C)C. The second-order valence-electron chi connectivity index (χ2n) is 2.28. The van der Waals surface area contributed by atoms with Crippen molar-refractivity contribution < 1.29 is 4.79 Å². The first-order valence-corrected chi connectivity index (χ1v) is 4.80. The highest BCUT2D eigenvalue weighted by atomic mass is 79.9. The maximum absolute atomic E-state index is 10.5. The number of nitrogens with one attached hydrogen (secondary N) is 1. The van der Waals surface area contributed by atoms with Crippen LogP contribution in [-0.4, -0.2) is 6.03 Å². The van der Waals surface area contributed by atoms with Crippen LogP contribution in [0.2, 0.25) is 0 Å². The normalized spacial score (nSPS) is 8.92. The molecule has 0 aliphatic rings. The van der Waals surface area contributed by atoms with Gasteiger partial charge in [-0.05, 0) is 35.4 Å². The first-order chi connectivity index (χ1) is 5.43. The molecule has 0 bridgehead atoms. The van der Waals surface area contributed by atoms with Gasteiger partial charge < -0.3 is 11.1 Å². The summed E-state index contributed by atoms with van der Waals surface area (Å²) in [4.78, 5) is 10.5. The quantitative estimate of drug-likeness (QED) is 0.809. The van der Waals surface area contributed by atoms with E-state index in [0.717, 1.165) is 9.39 Å². The van der Waals surface area contributed by atoms with Crippen molar-refractivity contribution in [3.05, 3.63) is 21.0 Å². The van der Waals surface area contributed by atoms with E-state index in [0.29, 0.717) is 5.03 Å². The summed E-state index contributed by atoms with van der Waals surface area (Å²) in [6.45, 7) is 7.40. The van der Waals surface area contributed by atoms with Crippen molar-refractivity contribution in [2.24, 2.45) is 5.73 Å². The number of thioether (sulfide) groups is 1. The Hall–Kier alpha value is -0.420. The lowest BCUT2D eigenvalue weighted by atomic mass is 10.4. The largest absolute Gasteiger partial charge is 0.351 e. The molecule has 0 aliphatic heterocycles. The van der Waals surface area contributed by atoms with Gasteiger partial charge in [-0.25, -0.2) is 4.79 Å². The van der Waals surface area contributed by atoms with E-state index in [1.54, 1.807) is 0 Å². The van der Waals surface area contributed by atoms with Gasteiger partial charge in [0.15, 0.2) is 0 Å². The molecule has 5 heteroatoms. The van der Waals surface area contributed by atoms with Crippen LogP contribution in [-0.2, 0) is 0 Å². The third kappa shape index (κ3) is 5.26. The Balaban J connectivity index is 4.37. The number of urea groups is 1. The minimum atomic E-state index is -0.563. The van der Waals surface area contributed by atoms with Gasteiger partial charge in [-0.2, -0.15) is 0 Å². The topological polar surface area (TPSA) is 55.1 Å². The molecule has 0 fully saturated rings. The first-order valence-electron chi connectivity index (χ1n) is 3.19. The Morgan fingerprint density at radius 3 is 2.33 bits per heavy atom. The van der Waals surface area contributed by atoms with Crippen LogP contribution in [0.1, 0.15) is 13.8 Å². The second kappa shape index (κ2) is 5.27. The highest BCUT2D eigenvalue weighted by molar-refractivity contribution is 9.14. The van der Waals surface area contributed by atoms with E-state index in [2.05, 4.69) is 27.8 Å². The molecule has 0 atom stereocenters. The maximum atomic E-state index is 10.5. The lowest BCUT2D eigenvalue weighted by Gasteiger charge is -2.07. The van der Waals surface area contributed by atoms with Gasteiger partial charge >= 0.3 is 6.03 Å². The lowest BCUT2D eigenvalue weighted by molar-refractivity contribution is 0.251. The zero-order valence-electron chi connectivity index (χ0n) is 6.98. The average molecular weight is 251 g/mol. The molecule has 2 amide bonds. The number of nitrogens with two attached hydrogens (primary N) is 1. The van der Waals surface area contributed by atoms with Gasteiger partial charge in [-0.15, -0.1) is 0 Å². The first kappa shape index (κ1) is 11.6. The van der Waals surface area contributed by atoms with Gasteiger partial charge in [-0.3, -0.25) is 0 Å². The summed E-state index contributed by atoms with van der Waals surface area (Å²) in [6, 6.07) is -0.563. The number of hydrogen-bond donors (Lipinski definition) is 2. The average Bonchev–Trinajstić information content (AvgIpc) is 1.83. The van der Waals surface area contributed by atoms with E-state index in [4.69, 9.17) is 5.73 Å². The zero-order chi connectivity index (χ0) is 9.72. The second-order valence-corrected chi connectivity index (χ2v) is 4.86. The fourth-order valence-electron chi connectivity index (χ4n) is 0.475.